The molecule has 0 aliphatic carbocycles. The third-order valence-corrected chi connectivity index (χ3v) is 6.73. The van der Waals surface area contributed by atoms with E-state index in [0.717, 1.165) is 23.1 Å². The Hall–Kier alpha value is -1.84. The molecule has 6 nitrogen and oxygen atoms in total. The van der Waals surface area contributed by atoms with Crippen molar-refractivity contribution in [1.82, 2.24) is 4.90 Å². The number of furan rings is 1. The third-order valence-electron chi connectivity index (χ3n) is 2.97. The van der Waals surface area contributed by atoms with Crippen LogP contribution in [0.4, 0.5) is 0 Å². The predicted octanol–water partition coefficient (Wildman–Crippen LogP) is 3.02. The van der Waals surface area contributed by atoms with Crippen molar-refractivity contribution in [2.75, 3.05) is 6.54 Å². The van der Waals surface area contributed by atoms with Crippen LogP contribution in [0.3, 0.4) is 0 Å². The van der Waals surface area contributed by atoms with Crippen molar-refractivity contribution in [3.05, 3.63) is 46.6 Å². The monoisotopic (exact) mass is 368 g/mol. The number of rotatable bonds is 4. The summed E-state index contributed by atoms with van der Waals surface area (Å²) in [5.74, 6) is 0.244. The fourth-order valence-electron chi connectivity index (χ4n) is 1.92. The minimum Gasteiger partial charge on any atom is -0.465 e. The highest BCUT2D eigenvalue weighted by atomic mass is 32.2. The molecule has 3 rings (SSSR count). The van der Waals surface area contributed by atoms with E-state index in [0.29, 0.717) is 17.2 Å². The van der Waals surface area contributed by atoms with Gasteiger partial charge in [0.05, 0.1) is 11.2 Å². The van der Waals surface area contributed by atoms with E-state index in [9.17, 15) is 13.2 Å². The Labute approximate surface area is 141 Å². The van der Waals surface area contributed by atoms with Gasteiger partial charge in [0.1, 0.15) is 9.97 Å². The summed E-state index contributed by atoms with van der Waals surface area (Å²) in [5.41, 5.74) is 0. The Morgan fingerprint density at radius 2 is 2.17 bits per heavy atom. The van der Waals surface area contributed by atoms with E-state index in [4.69, 9.17) is 4.42 Å². The minimum atomic E-state index is -3.81. The second kappa shape index (κ2) is 6.34. The van der Waals surface area contributed by atoms with Crippen LogP contribution in [-0.4, -0.2) is 30.9 Å². The number of sulfonamides is 1. The topological polar surface area (TPSA) is 80.0 Å². The van der Waals surface area contributed by atoms with Crippen LogP contribution in [0.5, 0.6) is 0 Å². The van der Waals surface area contributed by atoms with E-state index < -0.39 is 10.0 Å². The summed E-state index contributed by atoms with van der Waals surface area (Å²) in [4.78, 5) is 14.1. The van der Waals surface area contributed by atoms with E-state index >= 15 is 0 Å². The van der Waals surface area contributed by atoms with Crippen molar-refractivity contribution in [3.63, 3.8) is 0 Å². The molecule has 2 aromatic heterocycles. The molecule has 0 spiro atoms. The number of thioether (sulfide) groups is 1. The van der Waals surface area contributed by atoms with Gasteiger partial charge in [0, 0.05) is 12.6 Å². The summed E-state index contributed by atoms with van der Waals surface area (Å²) in [6.45, 7) is 2.10. The van der Waals surface area contributed by atoms with Gasteiger partial charge in [-0.1, -0.05) is 6.07 Å². The summed E-state index contributed by atoms with van der Waals surface area (Å²) in [6, 6.07) is 6.56. The standard InChI is InChI=1S/C14H12N2O4S3/c1-2-16-13(17)11(9-10-5-3-7-20-10)22-14(16)15-23(18,19)12-6-4-8-21-12/h3-9H,2H2,1H3/b11-9-,15-14+. The SMILES string of the molecule is CCN1C(=O)/C(=C/c2ccco2)S/C1=N/S(=O)(=O)c1cccs1. The highest BCUT2D eigenvalue weighted by molar-refractivity contribution is 8.19. The molecule has 0 atom stereocenters. The zero-order chi connectivity index (χ0) is 16.4. The molecule has 2 aromatic rings. The summed E-state index contributed by atoms with van der Waals surface area (Å²) < 4.78 is 33.7. The maximum Gasteiger partial charge on any atom is 0.294 e. The normalized spacial score (nSPS) is 19.2. The van der Waals surface area contributed by atoms with Crippen LogP contribution in [0.1, 0.15) is 12.7 Å². The summed E-state index contributed by atoms with van der Waals surface area (Å²) in [7, 11) is -3.81. The van der Waals surface area contributed by atoms with Crippen molar-refractivity contribution in [2.24, 2.45) is 4.40 Å². The zero-order valence-corrected chi connectivity index (χ0v) is 14.5. The lowest BCUT2D eigenvalue weighted by Crippen LogP contribution is -2.29. The second-order valence-electron chi connectivity index (χ2n) is 4.46. The summed E-state index contributed by atoms with van der Waals surface area (Å²) in [6.07, 6.45) is 3.08. The Morgan fingerprint density at radius 1 is 1.35 bits per heavy atom. The van der Waals surface area contributed by atoms with Gasteiger partial charge in [-0.05, 0) is 42.3 Å². The fourth-order valence-corrected chi connectivity index (χ4v) is 5.11. The van der Waals surface area contributed by atoms with Crippen LogP contribution in [0.15, 0.2) is 53.8 Å². The molecule has 1 aliphatic heterocycles. The average molecular weight is 368 g/mol. The Kier molecular flexibility index (Phi) is 4.42. The number of amidine groups is 1. The van der Waals surface area contributed by atoms with Crippen molar-refractivity contribution in [1.29, 1.82) is 0 Å². The zero-order valence-electron chi connectivity index (χ0n) is 12.0. The lowest BCUT2D eigenvalue weighted by atomic mass is 10.3. The molecule has 23 heavy (non-hydrogen) atoms. The van der Waals surface area contributed by atoms with Crippen molar-refractivity contribution >= 4 is 50.3 Å². The molecule has 1 saturated heterocycles. The second-order valence-corrected chi connectivity index (χ2v) is 8.24. The van der Waals surface area contributed by atoms with Crippen LogP contribution in [0.2, 0.25) is 0 Å². The van der Waals surface area contributed by atoms with Crippen molar-refractivity contribution in [3.8, 4) is 0 Å². The molecular weight excluding hydrogens is 356 g/mol. The maximum atomic E-state index is 12.4. The van der Waals surface area contributed by atoms with E-state index in [2.05, 4.69) is 4.40 Å². The Morgan fingerprint density at radius 3 is 2.78 bits per heavy atom. The molecule has 120 valence electrons. The first-order valence-corrected chi connectivity index (χ1v) is 9.78. The Bertz CT molecular complexity index is 865. The lowest BCUT2D eigenvalue weighted by molar-refractivity contribution is -0.122. The number of carbonyl (C=O) groups excluding carboxylic acids is 1. The van der Waals surface area contributed by atoms with Gasteiger partial charge in [-0.3, -0.25) is 9.69 Å². The van der Waals surface area contributed by atoms with Gasteiger partial charge < -0.3 is 4.42 Å². The number of nitrogens with zero attached hydrogens (tertiary/aromatic N) is 2. The number of carbonyl (C=O) groups is 1. The van der Waals surface area contributed by atoms with Crippen LogP contribution in [0, 0.1) is 0 Å². The molecule has 3 heterocycles. The average Bonchev–Trinajstić information content (AvgIpc) is 3.23. The van der Waals surface area contributed by atoms with Gasteiger partial charge in [0.2, 0.25) is 0 Å². The highest BCUT2D eigenvalue weighted by Gasteiger charge is 2.34. The molecule has 1 aliphatic rings. The first-order chi connectivity index (χ1) is 11.0. The number of hydrogen-bond acceptors (Lipinski definition) is 6. The predicted molar refractivity (Wildman–Crippen MR) is 90.6 cm³/mol. The molecule has 0 N–H and O–H groups in total. The van der Waals surface area contributed by atoms with Gasteiger partial charge >= 0.3 is 0 Å². The van der Waals surface area contributed by atoms with Crippen LogP contribution < -0.4 is 0 Å². The summed E-state index contributed by atoms with van der Waals surface area (Å²) >= 11 is 2.12. The first-order valence-electron chi connectivity index (χ1n) is 6.64. The highest BCUT2D eigenvalue weighted by Crippen LogP contribution is 2.33. The van der Waals surface area contributed by atoms with E-state index in [1.165, 1.54) is 17.2 Å². The maximum absolute atomic E-state index is 12.4. The smallest absolute Gasteiger partial charge is 0.294 e. The molecule has 0 unspecified atom stereocenters. The molecule has 1 fully saturated rings. The first kappa shape index (κ1) is 16.0. The number of amides is 1. The van der Waals surface area contributed by atoms with Gasteiger partial charge in [-0.15, -0.1) is 15.7 Å². The quantitative estimate of drug-likeness (QED) is 0.775. The van der Waals surface area contributed by atoms with Crippen LogP contribution in [0.25, 0.3) is 6.08 Å². The van der Waals surface area contributed by atoms with Crippen molar-refractivity contribution < 1.29 is 17.6 Å². The van der Waals surface area contributed by atoms with Gasteiger partial charge in [-0.2, -0.15) is 8.42 Å². The molecule has 9 heteroatoms. The molecule has 0 radical (unpaired) electrons. The molecule has 1 amide bonds. The largest absolute Gasteiger partial charge is 0.465 e. The van der Waals surface area contributed by atoms with Crippen molar-refractivity contribution in [2.45, 2.75) is 11.1 Å². The van der Waals surface area contributed by atoms with Gasteiger partial charge in [0.15, 0.2) is 5.17 Å². The van der Waals surface area contributed by atoms with E-state index in [1.807, 2.05) is 0 Å². The van der Waals surface area contributed by atoms with E-state index in [1.54, 1.807) is 36.6 Å². The van der Waals surface area contributed by atoms with Crippen LogP contribution in [-0.2, 0) is 14.8 Å². The molecular formula is C14H12N2O4S3. The molecule has 0 aromatic carbocycles. The van der Waals surface area contributed by atoms with E-state index in [-0.39, 0.29) is 15.3 Å². The summed E-state index contributed by atoms with van der Waals surface area (Å²) in [5, 5.41) is 1.82. The number of thiophene rings is 1. The van der Waals surface area contributed by atoms with Gasteiger partial charge in [-0.25, -0.2) is 0 Å². The third kappa shape index (κ3) is 3.26. The fraction of sp³-hybridized carbons (Fsp3) is 0.143. The number of hydrogen-bond donors (Lipinski definition) is 0. The Balaban J connectivity index is 1.97. The molecule has 0 bridgehead atoms. The molecule has 0 saturated carbocycles. The minimum absolute atomic E-state index is 0.151. The lowest BCUT2D eigenvalue weighted by Gasteiger charge is -2.11. The van der Waals surface area contributed by atoms with Gasteiger partial charge in [0.25, 0.3) is 15.9 Å². The van der Waals surface area contributed by atoms with Crippen LogP contribution >= 0.6 is 23.1 Å². The number of likely N-dealkylation sites (N-methyl/N-ethyl adjacent to an activating group) is 1.